The van der Waals surface area contributed by atoms with E-state index in [1.807, 2.05) is 0 Å². The highest BCUT2D eigenvalue weighted by Gasteiger charge is 2.49. The Morgan fingerprint density at radius 2 is 1.91 bits per heavy atom. The third kappa shape index (κ3) is 3.68. The zero-order valence-corrected chi connectivity index (χ0v) is 17.1. The number of aliphatic hydroxyl groups excluding tert-OH is 2. The number of nitrogens with one attached hydrogen (secondary N) is 1. The Labute approximate surface area is 181 Å². The first-order valence-corrected chi connectivity index (χ1v) is 9.49. The molecule has 1 aliphatic heterocycles. The molecular weight excluding hydrogens is 422 g/mol. The number of methoxy groups -OCH3 is 1. The third-order valence-electron chi connectivity index (χ3n) is 5.12. The van der Waals surface area contributed by atoms with Crippen LogP contribution in [0.5, 0.6) is 5.75 Å². The molecule has 168 valence electrons. The SMILES string of the molecule is COc1ccc(NC(=O)N(C)C(=O)[C@H]2O[C@@H](n3cnc4c(N)ncnc43)[C@H](O)[C@@H]2O)cc1. The van der Waals surface area contributed by atoms with Gasteiger partial charge in [-0.15, -0.1) is 0 Å². The van der Waals surface area contributed by atoms with Gasteiger partial charge in [-0.25, -0.2) is 19.7 Å². The van der Waals surface area contributed by atoms with Crippen LogP contribution in [0.1, 0.15) is 6.23 Å². The van der Waals surface area contributed by atoms with Crippen LogP contribution in [0.4, 0.5) is 16.3 Å². The number of aliphatic hydroxyl groups is 2. The molecule has 0 spiro atoms. The van der Waals surface area contributed by atoms with E-state index in [0.717, 1.165) is 4.90 Å². The standard InChI is InChI=1S/C19H21N7O6/c1-25(19(30)24-9-3-5-10(31-2)6-4-9)17(29)14-12(27)13(28)18(32-14)26-8-23-11-15(20)21-7-22-16(11)26/h3-8,12-14,18,27-28H,1-2H3,(H,24,30)(H2,20,21,22)/t12-,13+,14-,18+/m0/s1. The summed E-state index contributed by atoms with van der Waals surface area (Å²) in [6.07, 6.45) is -3.25. The van der Waals surface area contributed by atoms with Gasteiger partial charge in [-0.1, -0.05) is 0 Å². The van der Waals surface area contributed by atoms with Crippen LogP contribution in [-0.2, 0) is 9.53 Å². The second kappa shape index (κ2) is 8.37. The van der Waals surface area contributed by atoms with Crippen molar-refractivity contribution in [2.24, 2.45) is 0 Å². The van der Waals surface area contributed by atoms with Crippen molar-refractivity contribution in [2.75, 3.05) is 25.2 Å². The van der Waals surface area contributed by atoms with E-state index < -0.39 is 36.5 Å². The van der Waals surface area contributed by atoms with Crippen molar-refractivity contribution in [3.05, 3.63) is 36.9 Å². The Kier molecular flexibility index (Phi) is 5.61. The minimum atomic E-state index is -1.60. The molecule has 0 unspecified atom stereocenters. The van der Waals surface area contributed by atoms with Gasteiger partial charge in [-0.05, 0) is 24.3 Å². The van der Waals surface area contributed by atoms with Gasteiger partial charge in [-0.2, -0.15) is 0 Å². The number of carbonyl (C=O) groups is 2. The zero-order valence-electron chi connectivity index (χ0n) is 17.1. The topological polar surface area (TPSA) is 178 Å². The minimum Gasteiger partial charge on any atom is -0.497 e. The van der Waals surface area contributed by atoms with E-state index in [-0.39, 0.29) is 17.0 Å². The number of carbonyl (C=O) groups excluding carboxylic acids is 2. The molecule has 1 fully saturated rings. The molecule has 1 aromatic carbocycles. The molecule has 0 aliphatic carbocycles. The number of hydrogen-bond acceptors (Lipinski definition) is 10. The van der Waals surface area contributed by atoms with E-state index >= 15 is 0 Å². The fourth-order valence-corrected chi connectivity index (χ4v) is 3.32. The third-order valence-corrected chi connectivity index (χ3v) is 5.12. The van der Waals surface area contributed by atoms with Crippen molar-refractivity contribution >= 4 is 34.6 Å². The predicted octanol–water partition coefficient (Wildman–Crippen LogP) is -0.273. The quantitative estimate of drug-likeness (QED) is 0.419. The van der Waals surface area contributed by atoms with Crippen LogP contribution in [0.25, 0.3) is 11.2 Å². The number of fused-ring (bicyclic) bond motifs is 1. The van der Waals surface area contributed by atoms with E-state index in [2.05, 4.69) is 20.3 Å². The zero-order chi connectivity index (χ0) is 23.0. The van der Waals surface area contributed by atoms with Gasteiger partial charge in [0.1, 0.15) is 29.8 Å². The number of rotatable bonds is 4. The van der Waals surface area contributed by atoms with Crippen LogP contribution in [0.2, 0.25) is 0 Å². The molecule has 2 aromatic heterocycles. The Bertz CT molecular complexity index is 1150. The van der Waals surface area contributed by atoms with Gasteiger partial charge in [0.25, 0.3) is 5.91 Å². The van der Waals surface area contributed by atoms with Gasteiger partial charge in [0, 0.05) is 12.7 Å². The molecule has 3 heterocycles. The second-order valence-electron chi connectivity index (χ2n) is 7.07. The lowest BCUT2D eigenvalue weighted by Crippen LogP contribution is -2.47. The van der Waals surface area contributed by atoms with Gasteiger partial charge in [0.2, 0.25) is 0 Å². The fourth-order valence-electron chi connectivity index (χ4n) is 3.32. The molecule has 1 aliphatic rings. The highest BCUT2D eigenvalue weighted by molar-refractivity contribution is 6.02. The fraction of sp³-hybridized carbons (Fsp3) is 0.316. The Morgan fingerprint density at radius 1 is 1.19 bits per heavy atom. The number of benzene rings is 1. The summed E-state index contributed by atoms with van der Waals surface area (Å²) in [7, 11) is 2.75. The molecule has 4 rings (SSSR count). The molecule has 0 saturated carbocycles. The average molecular weight is 443 g/mol. The minimum absolute atomic E-state index is 0.129. The van der Waals surface area contributed by atoms with Crippen molar-refractivity contribution in [3.8, 4) is 5.75 Å². The Hall–Kier alpha value is -3.81. The number of amides is 3. The molecule has 1 saturated heterocycles. The number of hydrogen-bond donors (Lipinski definition) is 4. The molecule has 4 atom stereocenters. The van der Waals surface area contributed by atoms with Crippen LogP contribution in [-0.4, -0.2) is 79.0 Å². The monoisotopic (exact) mass is 443 g/mol. The maximum absolute atomic E-state index is 12.8. The number of likely N-dealkylation sites (N-methyl/N-ethyl adjacent to an activating group) is 1. The molecule has 13 heteroatoms. The van der Waals surface area contributed by atoms with E-state index in [1.54, 1.807) is 24.3 Å². The Balaban J connectivity index is 1.49. The van der Waals surface area contributed by atoms with Crippen molar-refractivity contribution in [2.45, 2.75) is 24.5 Å². The largest absolute Gasteiger partial charge is 0.497 e. The summed E-state index contributed by atoms with van der Waals surface area (Å²) in [5.41, 5.74) is 6.74. The van der Waals surface area contributed by atoms with E-state index in [1.165, 1.54) is 31.4 Å². The van der Waals surface area contributed by atoms with Crippen LogP contribution >= 0.6 is 0 Å². The van der Waals surface area contributed by atoms with Crippen LogP contribution < -0.4 is 15.8 Å². The molecule has 0 radical (unpaired) electrons. The number of nitrogen functional groups attached to an aromatic ring is 1. The van der Waals surface area contributed by atoms with E-state index in [9.17, 15) is 19.8 Å². The maximum atomic E-state index is 12.8. The van der Waals surface area contributed by atoms with Crippen molar-refractivity contribution < 1.29 is 29.3 Å². The van der Waals surface area contributed by atoms with E-state index in [4.69, 9.17) is 15.2 Å². The van der Waals surface area contributed by atoms with Gasteiger partial charge < -0.3 is 30.7 Å². The van der Waals surface area contributed by atoms with Crippen LogP contribution in [0.15, 0.2) is 36.9 Å². The lowest BCUT2D eigenvalue weighted by molar-refractivity contribution is -0.144. The molecule has 3 amide bonds. The number of nitrogens with zero attached hydrogens (tertiary/aromatic N) is 5. The Morgan fingerprint density at radius 3 is 2.59 bits per heavy atom. The van der Waals surface area contributed by atoms with Crippen LogP contribution in [0.3, 0.4) is 0 Å². The first-order chi connectivity index (χ1) is 15.3. The number of ether oxygens (including phenoxy) is 2. The molecule has 5 N–H and O–H groups in total. The predicted molar refractivity (Wildman–Crippen MR) is 110 cm³/mol. The number of aromatic nitrogens is 4. The summed E-state index contributed by atoms with van der Waals surface area (Å²) in [6.45, 7) is 0. The normalized spacial score (nSPS) is 22.6. The van der Waals surface area contributed by atoms with Crippen molar-refractivity contribution in [1.82, 2.24) is 24.4 Å². The lowest BCUT2D eigenvalue weighted by atomic mass is 10.1. The van der Waals surface area contributed by atoms with Gasteiger partial charge in [0.15, 0.2) is 23.8 Å². The number of anilines is 2. The highest BCUT2D eigenvalue weighted by Crippen LogP contribution is 2.32. The summed E-state index contributed by atoms with van der Waals surface area (Å²) in [5.74, 6) is -0.109. The second-order valence-corrected chi connectivity index (χ2v) is 7.07. The average Bonchev–Trinajstić information content (AvgIpc) is 3.35. The number of imide groups is 1. The van der Waals surface area contributed by atoms with Crippen LogP contribution in [0, 0.1) is 0 Å². The first kappa shape index (κ1) is 21.4. The molecule has 32 heavy (non-hydrogen) atoms. The summed E-state index contributed by atoms with van der Waals surface area (Å²) >= 11 is 0. The van der Waals surface area contributed by atoms with Gasteiger partial charge in [0.05, 0.1) is 13.4 Å². The van der Waals surface area contributed by atoms with Gasteiger partial charge in [-0.3, -0.25) is 14.3 Å². The number of urea groups is 1. The first-order valence-electron chi connectivity index (χ1n) is 9.49. The van der Waals surface area contributed by atoms with Crippen molar-refractivity contribution in [3.63, 3.8) is 0 Å². The summed E-state index contributed by atoms with van der Waals surface area (Å²) in [4.78, 5) is 38.1. The molecular formula is C19H21N7O6. The van der Waals surface area contributed by atoms with Gasteiger partial charge >= 0.3 is 6.03 Å². The molecule has 13 nitrogen and oxygen atoms in total. The summed E-state index contributed by atoms with van der Waals surface area (Å²) < 4.78 is 12.0. The maximum Gasteiger partial charge on any atom is 0.328 e. The highest BCUT2D eigenvalue weighted by atomic mass is 16.6. The lowest BCUT2D eigenvalue weighted by Gasteiger charge is -2.21. The molecule has 3 aromatic rings. The summed E-state index contributed by atoms with van der Waals surface area (Å²) in [5, 5.41) is 23.5. The number of imidazole rings is 1. The summed E-state index contributed by atoms with van der Waals surface area (Å²) in [6, 6.07) is 5.76. The smallest absolute Gasteiger partial charge is 0.328 e. The number of nitrogens with two attached hydrogens (primary N) is 1. The molecule has 0 bridgehead atoms. The van der Waals surface area contributed by atoms with Crippen molar-refractivity contribution in [1.29, 1.82) is 0 Å². The van der Waals surface area contributed by atoms with E-state index in [0.29, 0.717) is 11.4 Å².